The molecule has 0 radical (unpaired) electrons. The summed E-state index contributed by atoms with van der Waals surface area (Å²) in [6, 6.07) is 25.7. The molecule has 6 rings (SSSR count). The Bertz CT molecular complexity index is 1610. The van der Waals surface area contributed by atoms with Gasteiger partial charge < -0.3 is 19.5 Å². The van der Waals surface area contributed by atoms with E-state index in [0.29, 0.717) is 18.7 Å². The molecule has 186 valence electrons. The first-order chi connectivity index (χ1) is 18.1. The van der Waals surface area contributed by atoms with Crippen LogP contribution >= 0.6 is 0 Å². The van der Waals surface area contributed by atoms with Crippen LogP contribution in [-0.2, 0) is 19.6 Å². The highest BCUT2D eigenvalue weighted by Crippen LogP contribution is 2.33. The summed E-state index contributed by atoms with van der Waals surface area (Å²) in [5.74, 6) is 2.18. The van der Waals surface area contributed by atoms with Crippen LogP contribution in [0.15, 0.2) is 78.9 Å². The van der Waals surface area contributed by atoms with Gasteiger partial charge in [-0.3, -0.25) is 9.36 Å². The average molecular weight is 493 g/mol. The minimum atomic E-state index is -0.0159. The third-order valence-electron chi connectivity index (χ3n) is 7.01. The lowest BCUT2D eigenvalue weighted by Crippen LogP contribution is -2.27. The molecule has 0 bridgehead atoms. The molecule has 1 aliphatic heterocycles. The molecule has 2 heterocycles. The van der Waals surface area contributed by atoms with Gasteiger partial charge in [-0.1, -0.05) is 30.3 Å². The lowest BCUT2D eigenvalue weighted by molar-refractivity contribution is 0.0961. The monoisotopic (exact) mass is 492 g/mol. The van der Waals surface area contributed by atoms with Crippen LogP contribution in [0.1, 0.15) is 27.2 Å². The van der Waals surface area contributed by atoms with E-state index in [1.165, 1.54) is 5.56 Å². The summed E-state index contributed by atoms with van der Waals surface area (Å²) >= 11 is 0. The summed E-state index contributed by atoms with van der Waals surface area (Å²) in [6.45, 7) is 1.91. The van der Waals surface area contributed by atoms with E-state index >= 15 is 0 Å². The summed E-state index contributed by atoms with van der Waals surface area (Å²) in [6.07, 6.45) is 0.861. The van der Waals surface area contributed by atoms with Crippen LogP contribution in [0.4, 0.5) is 0 Å². The van der Waals surface area contributed by atoms with E-state index in [1.54, 1.807) is 14.2 Å². The van der Waals surface area contributed by atoms with Crippen LogP contribution in [0.2, 0.25) is 0 Å². The first-order valence-electron chi connectivity index (χ1n) is 12.4. The number of nitrogens with zero attached hydrogens (tertiary/aromatic N) is 1. The minimum Gasteiger partial charge on any atom is -0.497 e. The lowest BCUT2D eigenvalue weighted by Gasteiger charge is -2.16. The largest absolute Gasteiger partial charge is 0.497 e. The molecular weight excluding hydrogens is 464 g/mol. The van der Waals surface area contributed by atoms with Crippen molar-refractivity contribution in [3.05, 3.63) is 101 Å². The van der Waals surface area contributed by atoms with Crippen molar-refractivity contribution in [1.29, 1.82) is 0 Å². The van der Waals surface area contributed by atoms with Gasteiger partial charge in [0.1, 0.15) is 23.9 Å². The zero-order chi connectivity index (χ0) is 25.4. The Kier molecular flexibility index (Phi) is 6.02. The van der Waals surface area contributed by atoms with Crippen molar-refractivity contribution in [3.8, 4) is 17.2 Å². The van der Waals surface area contributed by atoms with Crippen molar-refractivity contribution >= 4 is 27.6 Å². The van der Waals surface area contributed by atoms with Gasteiger partial charge >= 0.3 is 0 Å². The molecule has 0 fully saturated rings. The predicted octanol–water partition coefficient (Wildman–Crippen LogP) is 5.72. The van der Waals surface area contributed by atoms with E-state index < -0.39 is 0 Å². The highest BCUT2D eigenvalue weighted by molar-refractivity contribution is 6.06. The Morgan fingerprint density at radius 2 is 1.65 bits per heavy atom. The number of aromatic nitrogens is 1. The minimum absolute atomic E-state index is 0.0159. The van der Waals surface area contributed by atoms with Gasteiger partial charge in [0, 0.05) is 29.3 Å². The topological polar surface area (TPSA) is 61.7 Å². The Morgan fingerprint density at radius 1 is 0.865 bits per heavy atom. The second-order valence-corrected chi connectivity index (χ2v) is 9.24. The molecule has 0 atom stereocenters. The molecule has 4 aromatic carbocycles. The quantitative estimate of drug-likeness (QED) is 0.328. The smallest absolute Gasteiger partial charge is 0.262 e. The van der Waals surface area contributed by atoms with Gasteiger partial charge in [-0.25, -0.2) is 0 Å². The van der Waals surface area contributed by atoms with Crippen molar-refractivity contribution in [2.24, 2.45) is 0 Å². The molecular formula is C31H28N2O4. The maximum absolute atomic E-state index is 13.8. The number of hydrogen-bond acceptors (Lipinski definition) is 5. The van der Waals surface area contributed by atoms with Crippen molar-refractivity contribution in [2.45, 2.75) is 19.6 Å². The van der Waals surface area contributed by atoms with Crippen LogP contribution in [0.3, 0.4) is 0 Å². The fourth-order valence-corrected chi connectivity index (χ4v) is 5.16. The molecule has 0 amide bonds. The summed E-state index contributed by atoms with van der Waals surface area (Å²) in [7, 11) is 3.27. The number of hydrogen-bond donors (Lipinski definition) is 1. The first-order valence-corrected chi connectivity index (χ1v) is 12.4. The number of fused-ring (bicyclic) bond motifs is 4. The van der Waals surface area contributed by atoms with Gasteiger partial charge in [-0.2, -0.15) is 0 Å². The molecule has 6 heteroatoms. The molecule has 1 aromatic heterocycles. The van der Waals surface area contributed by atoms with Gasteiger partial charge in [0.25, 0.3) is 5.91 Å². The van der Waals surface area contributed by atoms with Crippen LogP contribution in [0.5, 0.6) is 17.2 Å². The fraction of sp³-hybridized carbons (Fsp3) is 0.194. The molecule has 0 saturated heterocycles. The zero-order valence-electron chi connectivity index (χ0n) is 20.9. The van der Waals surface area contributed by atoms with Crippen molar-refractivity contribution in [2.75, 3.05) is 20.8 Å². The summed E-state index contributed by atoms with van der Waals surface area (Å²) in [5, 5.41) is 6.67. The van der Waals surface area contributed by atoms with Crippen molar-refractivity contribution in [1.82, 2.24) is 9.88 Å². The van der Waals surface area contributed by atoms with Crippen LogP contribution < -0.4 is 19.5 Å². The van der Waals surface area contributed by atoms with Crippen LogP contribution in [0.25, 0.3) is 21.7 Å². The van der Waals surface area contributed by atoms with E-state index in [2.05, 4.69) is 17.4 Å². The second kappa shape index (κ2) is 9.64. The highest BCUT2D eigenvalue weighted by atomic mass is 16.5. The lowest BCUT2D eigenvalue weighted by atomic mass is 10.0. The molecule has 1 N–H and O–H groups in total. The van der Waals surface area contributed by atoms with E-state index in [4.69, 9.17) is 14.2 Å². The van der Waals surface area contributed by atoms with E-state index in [0.717, 1.165) is 63.1 Å². The number of rotatable bonds is 6. The van der Waals surface area contributed by atoms with E-state index in [-0.39, 0.29) is 5.91 Å². The van der Waals surface area contributed by atoms with Crippen LogP contribution in [0, 0.1) is 0 Å². The Morgan fingerprint density at radius 3 is 2.43 bits per heavy atom. The number of carbonyl (C=O) groups excluding carboxylic acids is 1. The highest BCUT2D eigenvalue weighted by Gasteiger charge is 2.24. The standard InChI is InChI=1S/C31H28N2O4/c1-35-25-13-20(14-26(16-25)36-2)19-37-24-9-10-29-28(17-24)27-11-12-32-18-30(27)33(29)31(34)23-8-7-21-5-3-4-6-22(21)15-23/h3-10,13-17,32H,11-12,18-19H2,1-2H3. The maximum Gasteiger partial charge on any atom is 0.262 e. The fourth-order valence-electron chi connectivity index (χ4n) is 5.16. The predicted molar refractivity (Wildman–Crippen MR) is 145 cm³/mol. The first kappa shape index (κ1) is 23.1. The number of methoxy groups -OCH3 is 2. The van der Waals surface area contributed by atoms with Crippen LogP contribution in [-0.4, -0.2) is 31.2 Å². The van der Waals surface area contributed by atoms with Crippen molar-refractivity contribution < 1.29 is 19.0 Å². The summed E-state index contributed by atoms with van der Waals surface area (Å²) in [5.41, 5.74) is 4.76. The zero-order valence-corrected chi connectivity index (χ0v) is 20.9. The third kappa shape index (κ3) is 4.30. The van der Waals surface area contributed by atoms with Gasteiger partial charge in [0.2, 0.25) is 0 Å². The van der Waals surface area contributed by atoms with Gasteiger partial charge in [-0.05, 0) is 77.3 Å². The molecule has 6 nitrogen and oxygen atoms in total. The second-order valence-electron chi connectivity index (χ2n) is 9.24. The van der Waals surface area contributed by atoms with Gasteiger partial charge in [-0.15, -0.1) is 0 Å². The Balaban J connectivity index is 1.36. The molecule has 5 aromatic rings. The SMILES string of the molecule is COc1cc(COc2ccc3c(c2)c2c(n3C(=O)c3ccc4ccccc4c3)CNCC2)cc(OC)c1. The summed E-state index contributed by atoms with van der Waals surface area (Å²) in [4.78, 5) is 13.8. The maximum atomic E-state index is 13.8. The van der Waals surface area contributed by atoms with E-state index in [1.807, 2.05) is 71.3 Å². The van der Waals surface area contributed by atoms with Gasteiger partial charge in [0.15, 0.2) is 0 Å². The molecule has 1 aliphatic rings. The Hall–Kier alpha value is -4.29. The average Bonchev–Trinajstić information content (AvgIpc) is 3.28. The van der Waals surface area contributed by atoms with Gasteiger partial charge in [0.05, 0.1) is 19.7 Å². The number of ether oxygens (including phenoxy) is 3. The number of carbonyl (C=O) groups is 1. The molecule has 37 heavy (non-hydrogen) atoms. The number of nitrogens with one attached hydrogen (secondary N) is 1. The van der Waals surface area contributed by atoms with E-state index in [9.17, 15) is 4.79 Å². The normalized spacial score (nSPS) is 12.9. The molecule has 0 unspecified atom stereocenters. The summed E-state index contributed by atoms with van der Waals surface area (Å²) < 4.78 is 18.8. The molecule has 0 spiro atoms. The van der Waals surface area contributed by atoms with Crippen molar-refractivity contribution in [3.63, 3.8) is 0 Å². The molecule has 0 aliphatic carbocycles. The third-order valence-corrected chi connectivity index (χ3v) is 7.01. The Labute approximate surface area is 215 Å². The molecule has 0 saturated carbocycles. The number of benzene rings is 4.